The summed E-state index contributed by atoms with van der Waals surface area (Å²) >= 11 is 6.29. The maximum Gasteiger partial charge on any atom is 0.276 e. The molecule has 0 aliphatic heterocycles. The van der Waals surface area contributed by atoms with Gasteiger partial charge < -0.3 is 4.98 Å². The summed E-state index contributed by atoms with van der Waals surface area (Å²) in [6, 6.07) is 3.74. The van der Waals surface area contributed by atoms with E-state index in [0.29, 0.717) is 10.2 Å². The predicted octanol–water partition coefficient (Wildman–Crippen LogP) is 3.70. The van der Waals surface area contributed by atoms with Crippen molar-refractivity contribution >= 4 is 33.8 Å². The number of H-pyrrole nitrogens is 1. The summed E-state index contributed by atoms with van der Waals surface area (Å²) in [4.78, 5) is 15.2. The van der Waals surface area contributed by atoms with Crippen LogP contribution >= 0.6 is 23.6 Å². The van der Waals surface area contributed by atoms with Gasteiger partial charge >= 0.3 is 0 Å². The maximum absolute atomic E-state index is 14.0. The monoisotopic (exact) mass is 310 g/mol. The van der Waals surface area contributed by atoms with Crippen molar-refractivity contribution in [2.75, 3.05) is 0 Å². The number of thiophene rings is 1. The molecule has 0 unspecified atom stereocenters. The number of halogens is 2. The Labute approximate surface area is 121 Å². The molecule has 2 aromatic heterocycles. The number of nitrogens with zero attached hydrogens (tertiary/aromatic N) is 1. The summed E-state index contributed by atoms with van der Waals surface area (Å²) < 4.78 is 29.1. The first-order valence-corrected chi connectivity index (χ1v) is 6.96. The first kappa shape index (κ1) is 13.1. The second kappa shape index (κ2) is 4.60. The standard InChI is InChI=1S/C13H8F2N2OS2/c1-6-4-8(15)10(5-7(6)14)17-12(18)11-9(2-3-20-11)16-13(17)19/h2-5H,1H3,(H,16,19). The van der Waals surface area contributed by atoms with Crippen molar-refractivity contribution in [1.82, 2.24) is 9.55 Å². The lowest BCUT2D eigenvalue weighted by atomic mass is 10.2. The van der Waals surface area contributed by atoms with Crippen LogP contribution in [0, 0.1) is 23.3 Å². The van der Waals surface area contributed by atoms with Gasteiger partial charge in [0.05, 0.1) is 11.2 Å². The summed E-state index contributed by atoms with van der Waals surface area (Å²) in [7, 11) is 0. The fourth-order valence-corrected chi connectivity index (χ4v) is 3.03. The molecule has 0 atom stereocenters. The number of aryl methyl sites for hydroxylation is 1. The molecule has 0 aliphatic carbocycles. The minimum Gasteiger partial charge on any atom is -0.331 e. The van der Waals surface area contributed by atoms with Crippen molar-refractivity contribution < 1.29 is 8.78 Å². The highest BCUT2D eigenvalue weighted by Gasteiger charge is 2.14. The van der Waals surface area contributed by atoms with E-state index in [1.165, 1.54) is 18.3 Å². The Morgan fingerprint density at radius 2 is 2.05 bits per heavy atom. The maximum atomic E-state index is 14.0. The van der Waals surface area contributed by atoms with E-state index in [4.69, 9.17) is 12.2 Å². The molecule has 0 radical (unpaired) electrons. The topological polar surface area (TPSA) is 37.8 Å². The number of nitrogens with one attached hydrogen (secondary N) is 1. The zero-order valence-electron chi connectivity index (χ0n) is 10.2. The predicted molar refractivity (Wildman–Crippen MR) is 77.3 cm³/mol. The normalized spacial score (nSPS) is 11.2. The number of aromatic nitrogens is 2. The lowest BCUT2D eigenvalue weighted by Crippen LogP contribution is -2.20. The minimum atomic E-state index is -0.693. The van der Waals surface area contributed by atoms with E-state index >= 15 is 0 Å². The van der Waals surface area contributed by atoms with Crippen molar-refractivity contribution in [1.29, 1.82) is 0 Å². The third-order valence-electron chi connectivity index (χ3n) is 2.98. The summed E-state index contributed by atoms with van der Waals surface area (Å²) in [6.45, 7) is 1.45. The van der Waals surface area contributed by atoms with Crippen LogP contribution in [0.2, 0.25) is 0 Å². The molecule has 0 saturated carbocycles. The Morgan fingerprint density at radius 3 is 2.80 bits per heavy atom. The zero-order valence-corrected chi connectivity index (χ0v) is 11.9. The van der Waals surface area contributed by atoms with Gasteiger partial charge in [-0.2, -0.15) is 0 Å². The molecule has 0 spiro atoms. The minimum absolute atomic E-state index is 0.0306. The molecule has 0 bridgehead atoms. The quantitative estimate of drug-likeness (QED) is 0.696. The summed E-state index contributed by atoms with van der Waals surface area (Å²) in [6.07, 6.45) is 0. The van der Waals surface area contributed by atoms with E-state index < -0.39 is 17.2 Å². The average Bonchev–Trinajstić information content (AvgIpc) is 2.83. The molecule has 1 aromatic carbocycles. The Morgan fingerprint density at radius 1 is 1.30 bits per heavy atom. The van der Waals surface area contributed by atoms with Gasteiger partial charge in [-0.15, -0.1) is 11.3 Å². The number of rotatable bonds is 1. The van der Waals surface area contributed by atoms with Crippen LogP contribution in [0.15, 0.2) is 28.4 Å². The molecule has 3 aromatic rings. The third kappa shape index (κ3) is 1.90. The summed E-state index contributed by atoms with van der Waals surface area (Å²) in [5.41, 5.74) is 0.121. The largest absolute Gasteiger partial charge is 0.331 e. The van der Waals surface area contributed by atoms with E-state index in [9.17, 15) is 13.6 Å². The second-order valence-electron chi connectivity index (χ2n) is 4.29. The lowest BCUT2D eigenvalue weighted by molar-refractivity contribution is 0.583. The van der Waals surface area contributed by atoms with E-state index in [1.807, 2.05) is 0 Å². The lowest BCUT2D eigenvalue weighted by Gasteiger charge is -2.09. The van der Waals surface area contributed by atoms with Crippen molar-refractivity contribution in [3.05, 3.63) is 55.9 Å². The Bertz CT molecular complexity index is 940. The van der Waals surface area contributed by atoms with Gasteiger partial charge in [0, 0.05) is 6.07 Å². The van der Waals surface area contributed by atoms with Gasteiger partial charge in [0.15, 0.2) is 4.77 Å². The van der Waals surface area contributed by atoms with Gasteiger partial charge in [-0.1, -0.05) is 0 Å². The van der Waals surface area contributed by atoms with Crippen LogP contribution in [-0.2, 0) is 0 Å². The second-order valence-corrected chi connectivity index (χ2v) is 5.59. The number of aromatic amines is 1. The van der Waals surface area contributed by atoms with Crippen LogP contribution in [0.4, 0.5) is 8.78 Å². The van der Waals surface area contributed by atoms with Gasteiger partial charge in [0.1, 0.15) is 16.3 Å². The first-order valence-electron chi connectivity index (χ1n) is 5.67. The van der Waals surface area contributed by atoms with Crippen LogP contribution in [0.5, 0.6) is 0 Å². The zero-order chi connectivity index (χ0) is 14.4. The van der Waals surface area contributed by atoms with Crippen molar-refractivity contribution in [3.8, 4) is 5.69 Å². The molecule has 0 fully saturated rings. The smallest absolute Gasteiger partial charge is 0.276 e. The molecule has 1 N–H and O–H groups in total. The van der Waals surface area contributed by atoms with Crippen LogP contribution < -0.4 is 5.56 Å². The number of hydrogen-bond acceptors (Lipinski definition) is 3. The van der Waals surface area contributed by atoms with Crippen molar-refractivity contribution in [3.63, 3.8) is 0 Å². The number of fused-ring (bicyclic) bond motifs is 1. The van der Waals surface area contributed by atoms with Crippen molar-refractivity contribution in [2.45, 2.75) is 6.92 Å². The van der Waals surface area contributed by atoms with Crippen molar-refractivity contribution in [2.24, 2.45) is 0 Å². The first-order chi connectivity index (χ1) is 9.49. The fourth-order valence-electron chi connectivity index (χ4n) is 1.96. The van der Waals surface area contributed by atoms with Crippen LogP contribution in [0.25, 0.3) is 15.9 Å². The van der Waals surface area contributed by atoms with Gasteiger partial charge in [-0.05, 0) is 42.2 Å². The van der Waals surface area contributed by atoms with Crippen LogP contribution in [0.3, 0.4) is 0 Å². The molecule has 0 saturated heterocycles. The molecular formula is C13H8F2N2OS2. The van der Waals surface area contributed by atoms with Gasteiger partial charge in [-0.25, -0.2) is 13.3 Å². The molecule has 20 heavy (non-hydrogen) atoms. The Hall–Kier alpha value is -1.86. The van der Waals surface area contributed by atoms with Crippen LogP contribution in [0.1, 0.15) is 5.56 Å². The number of hydrogen-bond donors (Lipinski definition) is 1. The highest BCUT2D eigenvalue weighted by molar-refractivity contribution is 7.71. The van der Waals surface area contributed by atoms with E-state index in [1.54, 1.807) is 11.4 Å². The molecule has 3 nitrogen and oxygen atoms in total. The highest BCUT2D eigenvalue weighted by atomic mass is 32.1. The Kier molecular flexibility index (Phi) is 3.02. The van der Waals surface area contributed by atoms with Gasteiger partial charge in [0.2, 0.25) is 0 Å². The van der Waals surface area contributed by atoms with E-state index in [0.717, 1.165) is 16.7 Å². The molecule has 2 heterocycles. The highest BCUT2D eigenvalue weighted by Crippen LogP contribution is 2.20. The fraction of sp³-hybridized carbons (Fsp3) is 0.0769. The molecule has 7 heteroatoms. The third-order valence-corrected chi connectivity index (χ3v) is 4.16. The summed E-state index contributed by atoms with van der Waals surface area (Å²) in [5, 5.41) is 1.73. The van der Waals surface area contributed by atoms with E-state index in [2.05, 4.69) is 4.98 Å². The Balaban J connectivity index is 2.44. The molecule has 3 rings (SSSR count). The SMILES string of the molecule is Cc1cc(F)c(-n2c(=S)[nH]c3ccsc3c2=O)cc1F. The molecular weight excluding hydrogens is 302 g/mol. The average molecular weight is 310 g/mol. The summed E-state index contributed by atoms with van der Waals surface area (Å²) in [5.74, 6) is -1.28. The molecule has 0 aliphatic rings. The van der Waals surface area contributed by atoms with Gasteiger partial charge in [0.25, 0.3) is 5.56 Å². The molecule has 102 valence electrons. The van der Waals surface area contributed by atoms with E-state index in [-0.39, 0.29) is 16.0 Å². The van der Waals surface area contributed by atoms with Crippen LogP contribution in [-0.4, -0.2) is 9.55 Å². The molecule has 0 amide bonds. The van der Waals surface area contributed by atoms with Gasteiger partial charge in [-0.3, -0.25) is 4.79 Å². The number of benzene rings is 1.